The Kier molecular flexibility index (Phi) is 71.6. The second kappa shape index (κ2) is 75.6. The molecular formula is C85H138O17P2. The maximum absolute atomic E-state index is 13.1. The predicted molar refractivity (Wildman–Crippen MR) is 426 cm³/mol. The lowest BCUT2D eigenvalue weighted by molar-refractivity contribution is -0.161. The Balaban J connectivity index is 5.47. The lowest BCUT2D eigenvalue weighted by Crippen LogP contribution is -2.30. The summed E-state index contributed by atoms with van der Waals surface area (Å²) in [7, 11) is -10.0. The topological polar surface area (TPSA) is 237 Å². The monoisotopic (exact) mass is 1490 g/mol. The number of carbonyl (C=O) groups is 4. The number of carbonyl (C=O) groups excluding carboxylic acids is 4. The zero-order valence-corrected chi connectivity index (χ0v) is 66.2. The standard InChI is InChI=1S/C85H138O17P2/c1-5-9-13-17-21-25-29-33-37-38-39-40-44-46-50-54-58-62-66-70-83(88)96-76-81(102-85(90)72-68-64-60-56-52-48-43-36-32-28-24-20-16-12-8-4)78-100-104(93,94)98-74-79(86)73-97-103(91,92)99-77-80(101-84(89)71-67-63-59-55-51-47-42-35-31-27-23-19-15-11-7-3)75-95-82(87)69-65-61-57-53-49-45-41-34-30-26-22-18-14-10-6-2/h10-12,14-16,21-28,33-37,39-43,49,53,61,65,79-81,86H,5-9,13,17-20,29-32,38,44-48,50-52,54-60,62-64,66-78H2,1-4H3,(H,91,92)(H,93,94)/b14-10-,15-11-,16-12-,25-21-,26-22-,27-23-,28-24-,37-33-,40-39-,41-34-,42-35-,43-36-,53-49-,65-61-. The molecule has 0 aliphatic rings. The van der Waals surface area contributed by atoms with Crippen molar-refractivity contribution in [2.75, 3.05) is 39.6 Å². The smallest absolute Gasteiger partial charge is 0.462 e. The third-order valence-corrected chi connectivity index (χ3v) is 17.6. The molecule has 0 radical (unpaired) electrons. The third kappa shape index (κ3) is 74.7. The van der Waals surface area contributed by atoms with Crippen molar-refractivity contribution in [1.82, 2.24) is 0 Å². The summed E-state index contributed by atoms with van der Waals surface area (Å²) in [5.74, 6) is -2.39. The average Bonchev–Trinajstić information content (AvgIpc) is 0.912. The van der Waals surface area contributed by atoms with Crippen LogP contribution in [-0.4, -0.2) is 96.7 Å². The highest BCUT2D eigenvalue weighted by Gasteiger charge is 2.30. The molecule has 5 unspecified atom stereocenters. The fourth-order valence-corrected chi connectivity index (χ4v) is 11.4. The van der Waals surface area contributed by atoms with Crippen molar-refractivity contribution in [3.63, 3.8) is 0 Å². The first-order valence-electron chi connectivity index (χ1n) is 39.4. The molecule has 0 amide bonds. The molecule has 0 spiro atoms. The molecule has 0 bridgehead atoms. The second-order valence-corrected chi connectivity index (χ2v) is 28.4. The highest BCUT2D eigenvalue weighted by molar-refractivity contribution is 7.47. The molecule has 0 aliphatic carbocycles. The largest absolute Gasteiger partial charge is 0.472 e. The Morgan fingerprint density at radius 1 is 0.288 bits per heavy atom. The van der Waals surface area contributed by atoms with Gasteiger partial charge in [0.05, 0.1) is 32.8 Å². The normalized spacial score (nSPS) is 14.8. The molecule has 5 atom stereocenters. The van der Waals surface area contributed by atoms with Crippen molar-refractivity contribution in [3.8, 4) is 0 Å². The number of esters is 4. The number of aliphatic hydroxyl groups is 1. The minimum absolute atomic E-state index is 0.0495. The number of unbranched alkanes of at least 4 members (excludes halogenated alkanes) is 19. The summed E-state index contributed by atoms with van der Waals surface area (Å²) in [6, 6.07) is 0. The SMILES string of the molecule is CC/C=C\C/C=C\C/C=C\C/C=C\C/C=C\CC(=O)OCC(COP(=O)(O)OCC(O)COP(=O)(O)OCC(COC(=O)CCCCCCCC/C=C\C/C=C\C/C=C\CCCCC)OC(=O)CCCCCCC/C=C\C/C=C\C/C=C\CC)OC(=O)CCCCCCC/C=C\C/C=C\C/C=C\CC. The molecule has 104 heavy (non-hydrogen) atoms. The second-order valence-electron chi connectivity index (χ2n) is 25.5. The van der Waals surface area contributed by atoms with Gasteiger partial charge in [-0.2, -0.15) is 0 Å². The Morgan fingerprint density at radius 3 is 0.856 bits per heavy atom. The van der Waals surface area contributed by atoms with Crippen LogP contribution in [0.1, 0.15) is 285 Å². The quantitative estimate of drug-likeness (QED) is 0.0169. The van der Waals surface area contributed by atoms with E-state index < -0.39 is 97.5 Å². The molecule has 17 nitrogen and oxygen atoms in total. The molecule has 0 rings (SSSR count). The van der Waals surface area contributed by atoms with Crippen LogP contribution in [0.3, 0.4) is 0 Å². The highest BCUT2D eigenvalue weighted by Crippen LogP contribution is 2.45. The van der Waals surface area contributed by atoms with E-state index in [-0.39, 0.29) is 25.7 Å². The summed E-state index contributed by atoms with van der Waals surface area (Å²) in [5, 5.41) is 10.6. The summed E-state index contributed by atoms with van der Waals surface area (Å²) in [5.41, 5.74) is 0. The first-order valence-corrected chi connectivity index (χ1v) is 42.4. The summed E-state index contributed by atoms with van der Waals surface area (Å²) in [6.45, 7) is 4.32. The Bertz CT molecular complexity index is 2640. The van der Waals surface area contributed by atoms with Crippen LogP contribution in [0.25, 0.3) is 0 Å². The highest BCUT2D eigenvalue weighted by atomic mass is 31.2. The summed E-state index contributed by atoms with van der Waals surface area (Å²) in [6.07, 6.45) is 89.4. The molecule has 0 heterocycles. The molecule has 0 aromatic carbocycles. The van der Waals surface area contributed by atoms with Crippen molar-refractivity contribution in [2.45, 2.75) is 303 Å². The number of phosphoric ester groups is 2. The van der Waals surface area contributed by atoms with E-state index in [9.17, 15) is 43.2 Å². The van der Waals surface area contributed by atoms with Gasteiger partial charge in [-0.3, -0.25) is 37.3 Å². The van der Waals surface area contributed by atoms with Crippen LogP contribution >= 0.6 is 15.6 Å². The van der Waals surface area contributed by atoms with Gasteiger partial charge >= 0.3 is 39.5 Å². The van der Waals surface area contributed by atoms with Gasteiger partial charge in [-0.1, -0.05) is 275 Å². The average molecular weight is 1490 g/mol. The summed E-state index contributed by atoms with van der Waals surface area (Å²) < 4.78 is 68.4. The van der Waals surface area contributed by atoms with Gasteiger partial charge in [-0.15, -0.1) is 0 Å². The van der Waals surface area contributed by atoms with Gasteiger partial charge in [0, 0.05) is 19.3 Å². The van der Waals surface area contributed by atoms with Crippen molar-refractivity contribution < 1.29 is 80.2 Å². The van der Waals surface area contributed by atoms with Gasteiger partial charge in [0.1, 0.15) is 19.3 Å². The minimum atomic E-state index is -5.01. The molecule has 0 aromatic heterocycles. The molecule has 0 fully saturated rings. The number of aliphatic hydroxyl groups excluding tert-OH is 1. The zero-order valence-electron chi connectivity index (χ0n) is 64.4. The van der Waals surface area contributed by atoms with Crippen LogP contribution in [0.4, 0.5) is 0 Å². The fourth-order valence-electron chi connectivity index (χ4n) is 9.80. The maximum atomic E-state index is 13.1. The molecule has 0 saturated carbocycles. The van der Waals surface area contributed by atoms with Crippen molar-refractivity contribution in [3.05, 3.63) is 170 Å². The Labute approximate surface area is 629 Å². The Morgan fingerprint density at radius 2 is 0.538 bits per heavy atom. The van der Waals surface area contributed by atoms with Gasteiger partial charge in [0.25, 0.3) is 0 Å². The van der Waals surface area contributed by atoms with Crippen LogP contribution in [-0.2, 0) is 65.4 Å². The maximum Gasteiger partial charge on any atom is 0.472 e. The third-order valence-electron chi connectivity index (χ3n) is 15.7. The van der Waals surface area contributed by atoms with Crippen molar-refractivity contribution in [2.24, 2.45) is 0 Å². The number of hydrogen-bond acceptors (Lipinski definition) is 15. The van der Waals surface area contributed by atoms with E-state index in [0.717, 1.165) is 186 Å². The number of rotatable bonds is 72. The molecule has 0 aromatic rings. The van der Waals surface area contributed by atoms with Gasteiger partial charge in [0.15, 0.2) is 12.2 Å². The van der Waals surface area contributed by atoms with E-state index in [1.165, 1.54) is 19.3 Å². The van der Waals surface area contributed by atoms with E-state index in [1.807, 2.05) is 18.2 Å². The van der Waals surface area contributed by atoms with Crippen molar-refractivity contribution >= 4 is 39.5 Å². The van der Waals surface area contributed by atoms with E-state index in [1.54, 1.807) is 6.08 Å². The van der Waals surface area contributed by atoms with Crippen LogP contribution in [0.5, 0.6) is 0 Å². The summed E-state index contributed by atoms with van der Waals surface area (Å²) >= 11 is 0. The van der Waals surface area contributed by atoms with E-state index >= 15 is 0 Å². The first kappa shape index (κ1) is 98.4. The zero-order chi connectivity index (χ0) is 76.0. The lowest BCUT2D eigenvalue weighted by Gasteiger charge is -2.21. The number of ether oxygens (including phenoxy) is 4. The molecule has 0 aliphatic heterocycles. The van der Waals surface area contributed by atoms with E-state index in [4.69, 9.17) is 37.0 Å². The Hall–Kier alpha value is -5.58. The van der Waals surface area contributed by atoms with Crippen LogP contribution in [0.2, 0.25) is 0 Å². The predicted octanol–water partition coefficient (Wildman–Crippen LogP) is 23.0. The number of hydrogen-bond donors (Lipinski definition) is 3. The minimum Gasteiger partial charge on any atom is -0.462 e. The molecule has 3 N–H and O–H groups in total. The van der Waals surface area contributed by atoms with Gasteiger partial charge in [-0.25, -0.2) is 9.13 Å². The van der Waals surface area contributed by atoms with Gasteiger partial charge in [0.2, 0.25) is 0 Å². The van der Waals surface area contributed by atoms with Crippen LogP contribution in [0, 0.1) is 0 Å². The molecule has 19 heteroatoms. The van der Waals surface area contributed by atoms with Crippen LogP contribution in [0.15, 0.2) is 170 Å². The molecular weight excluding hydrogens is 1350 g/mol. The molecule has 590 valence electrons. The first-order chi connectivity index (χ1) is 50.7. The van der Waals surface area contributed by atoms with Gasteiger partial charge in [-0.05, 0) is 154 Å². The van der Waals surface area contributed by atoms with E-state index in [2.05, 4.69) is 174 Å². The fraction of sp³-hybridized carbons (Fsp3) is 0.624. The molecule has 0 saturated heterocycles. The van der Waals surface area contributed by atoms with E-state index in [0.29, 0.717) is 25.7 Å². The number of phosphoric acid groups is 2. The number of allylic oxidation sites excluding steroid dienone is 27. The van der Waals surface area contributed by atoms with Crippen LogP contribution < -0.4 is 0 Å². The lowest BCUT2D eigenvalue weighted by atomic mass is 10.1. The van der Waals surface area contributed by atoms with Crippen molar-refractivity contribution in [1.29, 1.82) is 0 Å². The van der Waals surface area contributed by atoms with Gasteiger partial charge < -0.3 is 33.8 Å². The summed E-state index contributed by atoms with van der Waals surface area (Å²) in [4.78, 5) is 72.9.